The van der Waals surface area contributed by atoms with Gasteiger partial charge in [-0.1, -0.05) is 46.3 Å². The van der Waals surface area contributed by atoms with E-state index < -0.39 is 23.8 Å². The van der Waals surface area contributed by atoms with E-state index in [1.54, 1.807) is 24.8 Å². The molecule has 0 bridgehead atoms. The number of amides is 1. The van der Waals surface area contributed by atoms with E-state index in [9.17, 15) is 14.4 Å². The molecule has 0 saturated heterocycles. The topological polar surface area (TPSA) is 72.9 Å². The summed E-state index contributed by atoms with van der Waals surface area (Å²) in [5.41, 5.74) is 2.22. The molecule has 0 N–H and O–H groups in total. The second kappa shape index (κ2) is 9.22. The molecule has 1 atom stereocenters. The predicted octanol–water partition coefficient (Wildman–Crippen LogP) is 3.82. The molecule has 1 unspecified atom stereocenters. The number of carbonyl (C=O) groups excluding carboxylic acids is 3. The normalized spacial score (nSPS) is 15.4. The minimum Gasteiger partial charge on any atom is -0.465 e. The van der Waals surface area contributed by atoms with Gasteiger partial charge >= 0.3 is 11.9 Å². The monoisotopic (exact) mass is 459 g/mol. The van der Waals surface area contributed by atoms with Gasteiger partial charge in [0, 0.05) is 10.2 Å². The van der Waals surface area contributed by atoms with Gasteiger partial charge in [0.1, 0.15) is 0 Å². The summed E-state index contributed by atoms with van der Waals surface area (Å²) in [6.07, 6.45) is 0. The molecular weight excluding hydrogens is 438 g/mol. The summed E-state index contributed by atoms with van der Waals surface area (Å²) in [5.74, 6) is -4.18. The van der Waals surface area contributed by atoms with E-state index in [0.29, 0.717) is 17.8 Å². The summed E-state index contributed by atoms with van der Waals surface area (Å²) in [6, 6.07) is 15.0. The van der Waals surface area contributed by atoms with Crippen LogP contribution in [0.5, 0.6) is 0 Å². The number of fused-ring (bicyclic) bond motifs is 1. The lowest BCUT2D eigenvalue weighted by Crippen LogP contribution is -2.39. The van der Waals surface area contributed by atoms with E-state index in [2.05, 4.69) is 15.9 Å². The van der Waals surface area contributed by atoms with E-state index in [-0.39, 0.29) is 19.1 Å². The Morgan fingerprint density at radius 3 is 2.24 bits per heavy atom. The third-order valence-electron chi connectivity index (χ3n) is 4.75. The summed E-state index contributed by atoms with van der Waals surface area (Å²) in [7, 11) is 0. The minimum absolute atomic E-state index is 0.106. The van der Waals surface area contributed by atoms with E-state index in [0.717, 1.165) is 10.0 Å². The van der Waals surface area contributed by atoms with Crippen LogP contribution >= 0.6 is 15.9 Å². The Bertz CT molecular complexity index is 897. The first-order chi connectivity index (χ1) is 14.0. The molecule has 0 saturated carbocycles. The minimum atomic E-state index is -1.35. The molecule has 152 valence electrons. The van der Waals surface area contributed by atoms with Gasteiger partial charge in [-0.2, -0.15) is 0 Å². The van der Waals surface area contributed by atoms with Crippen LogP contribution in [0.3, 0.4) is 0 Å². The van der Waals surface area contributed by atoms with Crippen LogP contribution in [0, 0.1) is 5.92 Å². The Balaban J connectivity index is 2.05. The van der Waals surface area contributed by atoms with Gasteiger partial charge in [-0.15, -0.1) is 0 Å². The van der Waals surface area contributed by atoms with Crippen LogP contribution in [-0.4, -0.2) is 31.1 Å². The zero-order chi connectivity index (χ0) is 21.0. The zero-order valence-corrected chi connectivity index (χ0v) is 17.8. The van der Waals surface area contributed by atoms with Gasteiger partial charge in [-0.25, -0.2) is 0 Å². The van der Waals surface area contributed by atoms with Crippen LogP contribution in [0.1, 0.15) is 30.9 Å². The molecule has 29 heavy (non-hydrogen) atoms. The largest absolute Gasteiger partial charge is 0.465 e. The van der Waals surface area contributed by atoms with Gasteiger partial charge in [0.25, 0.3) is 0 Å². The third-order valence-corrected chi connectivity index (χ3v) is 5.24. The number of halogens is 1. The van der Waals surface area contributed by atoms with Crippen molar-refractivity contribution in [1.82, 2.24) is 0 Å². The molecule has 0 aromatic heterocycles. The average Bonchev–Trinajstić information content (AvgIpc) is 2.95. The number of hydrogen-bond acceptors (Lipinski definition) is 5. The molecule has 6 nitrogen and oxygen atoms in total. The van der Waals surface area contributed by atoms with E-state index in [4.69, 9.17) is 9.47 Å². The van der Waals surface area contributed by atoms with Gasteiger partial charge in [0.15, 0.2) is 5.92 Å². The smallest absolute Gasteiger partial charge is 0.321 e. The standard InChI is InChI=1S/C22H22BrNO5/c1-3-28-21(26)19(22(27)29-4-2)18-16-12-15(23)10-11-17(16)24(20(18)25)13-14-8-6-5-7-9-14/h5-12,18-19H,3-4,13H2,1-2H3. The second-order valence-corrected chi connectivity index (χ2v) is 7.49. The molecule has 1 aliphatic heterocycles. The van der Waals surface area contributed by atoms with Gasteiger partial charge in [0.2, 0.25) is 5.91 Å². The highest BCUT2D eigenvalue weighted by molar-refractivity contribution is 9.10. The maximum Gasteiger partial charge on any atom is 0.321 e. The third kappa shape index (κ3) is 4.34. The van der Waals surface area contributed by atoms with Gasteiger partial charge in [0.05, 0.1) is 25.7 Å². The van der Waals surface area contributed by atoms with Gasteiger partial charge < -0.3 is 14.4 Å². The van der Waals surface area contributed by atoms with Crippen molar-refractivity contribution in [3.8, 4) is 0 Å². The lowest BCUT2D eigenvalue weighted by molar-refractivity contribution is -0.164. The molecule has 2 aromatic carbocycles. The number of rotatable bonds is 7. The molecular formula is C22H22BrNO5. The van der Waals surface area contributed by atoms with Crippen LogP contribution in [0.4, 0.5) is 5.69 Å². The Morgan fingerprint density at radius 1 is 1.03 bits per heavy atom. The van der Waals surface area contributed by atoms with Crippen LogP contribution in [-0.2, 0) is 30.4 Å². The first kappa shape index (κ1) is 21.0. The zero-order valence-electron chi connectivity index (χ0n) is 16.3. The molecule has 3 rings (SSSR count). The fourth-order valence-electron chi connectivity index (χ4n) is 3.52. The summed E-state index contributed by atoms with van der Waals surface area (Å²) in [6.45, 7) is 3.86. The maximum absolute atomic E-state index is 13.4. The Hall–Kier alpha value is -2.67. The second-order valence-electron chi connectivity index (χ2n) is 6.57. The van der Waals surface area contributed by atoms with Crippen LogP contribution in [0.2, 0.25) is 0 Å². The van der Waals surface area contributed by atoms with Crippen molar-refractivity contribution in [2.24, 2.45) is 5.92 Å². The SMILES string of the molecule is CCOC(=O)C(C(=O)OCC)C1C(=O)N(Cc2ccccc2)c2ccc(Br)cc21. The van der Waals surface area contributed by atoms with Gasteiger partial charge in [-0.05, 0) is 43.2 Å². The van der Waals surface area contributed by atoms with Crippen LogP contribution in [0.25, 0.3) is 0 Å². The summed E-state index contributed by atoms with van der Waals surface area (Å²) < 4.78 is 11.0. The lowest BCUT2D eigenvalue weighted by atomic mass is 9.87. The van der Waals surface area contributed by atoms with Crippen molar-refractivity contribution < 1.29 is 23.9 Å². The fourth-order valence-corrected chi connectivity index (χ4v) is 3.90. The van der Waals surface area contributed by atoms with Crippen molar-refractivity contribution in [3.63, 3.8) is 0 Å². The summed E-state index contributed by atoms with van der Waals surface area (Å²) in [5, 5.41) is 0. The molecule has 7 heteroatoms. The highest BCUT2D eigenvalue weighted by Crippen LogP contribution is 2.44. The molecule has 0 fully saturated rings. The molecule has 1 amide bonds. The highest BCUT2D eigenvalue weighted by atomic mass is 79.9. The van der Waals surface area contributed by atoms with Crippen LogP contribution in [0.15, 0.2) is 53.0 Å². The quantitative estimate of drug-likeness (QED) is 0.464. The molecule has 1 heterocycles. The number of hydrogen-bond donors (Lipinski definition) is 0. The number of benzene rings is 2. The number of ether oxygens (including phenoxy) is 2. The van der Waals surface area contributed by atoms with E-state index in [1.807, 2.05) is 42.5 Å². The Morgan fingerprint density at radius 2 is 1.66 bits per heavy atom. The van der Waals surface area contributed by atoms with E-state index in [1.165, 1.54) is 0 Å². The maximum atomic E-state index is 13.4. The number of carbonyl (C=O) groups is 3. The molecule has 0 radical (unpaired) electrons. The molecule has 0 spiro atoms. The fraction of sp³-hybridized carbons (Fsp3) is 0.318. The number of anilines is 1. The van der Waals surface area contributed by atoms with Crippen molar-refractivity contribution in [1.29, 1.82) is 0 Å². The Labute approximate surface area is 177 Å². The van der Waals surface area contributed by atoms with Crippen molar-refractivity contribution in [2.75, 3.05) is 18.1 Å². The molecule has 2 aromatic rings. The van der Waals surface area contributed by atoms with Gasteiger partial charge in [-0.3, -0.25) is 14.4 Å². The first-order valence-corrected chi connectivity index (χ1v) is 10.2. The van der Waals surface area contributed by atoms with Crippen molar-refractivity contribution in [3.05, 3.63) is 64.1 Å². The number of esters is 2. The summed E-state index contributed by atoms with van der Waals surface area (Å²) in [4.78, 5) is 40.3. The highest BCUT2D eigenvalue weighted by Gasteiger charge is 2.49. The molecule has 0 aliphatic carbocycles. The number of nitrogens with zero attached hydrogens (tertiary/aromatic N) is 1. The summed E-state index contributed by atoms with van der Waals surface area (Å²) >= 11 is 3.42. The van der Waals surface area contributed by atoms with Crippen molar-refractivity contribution in [2.45, 2.75) is 26.3 Å². The lowest BCUT2D eigenvalue weighted by Gasteiger charge is -2.21. The Kier molecular flexibility index (Phi) is 6.69. The van der Waals surface area contributed by atoms with E-state index >= 15 is 0 Å². The van der Waals surface area contributed by atoms with Crippen LogP contribution < -0.4 is 4.90 Å². The van der Waals surface area contributed by atoms with Crippen molar-refractivity contribution >= 4 is 39.5 Å². The first-order valence-electron chi connectivity index (χ1n) is 9.45. The average molecular weight is 460 g/mol. The predicted molar refractivity (Wildman–Crippen MR) is 111 cm³/mol. The molecule has 1 aliphatic rings.